The molecule has 0 saturated heterocycles. The first kappa shape index (κ1) is 15.9. The van der Waals surface area contributed by atoms with Crippen LogP contribution in [0.1, 0.15) is 18.5 Å². The zero-order valence-corrected chi connectivity index (χ0v) is 12.2. The molecule has 0 aromatic heterocycles. The van der Waals surface area contributed by atoms with Crippen LogP contribution >= 0.6 is 23.2 Å². The lowest BCUT2D eigenvalue weighted by molar-refractivity contribution is 0.496. The van der Waals surface area contributed by atoms with Gasteiger partial charge >= 0.3 is 0 Å². The summed E-state index contributed by atoms with van der Waals surface area (Å²) in [7, 11) is 0. The maximum Gasteiger partial charge on any atom is 0.182 e. The quantitative estimate of drug-likeness (QED) is 0.557. The number of hydrogen-bond donors (Lipinski definition) is 1. The highest BCUT2D eigenvalue weighted by Crippen LogP contribution is 2.31. The van der Waals surface area contributed by atoms with Crippen molar-refractivity contribution in [3.8, 4) is 0 Å². The number of rotatable bonds is 3. The fourth-order valence-electron chi connectivity index (χ4n) is 1.84. The van der Waals surface area contributed by atoms with Crippen molar-refractivity contribution in [2.24, 2.45) is 0 Å². The Kier molecular flexibility index (Phi) is 4.64. The van der Waals surface area contributed by atoms with Gasteiger partial charge in [0.2, 0.25) is 0 Å². The standard InChI is InChI=1S/C14H9Cl2F4N/c1-6(8-4-11(18)10(16)5-9(8)15)21-13-3-7(17)2-12(19)14(13)20/h2-6,21H,1H3. The monoisotopic (exact) mass is 337 g/mol. The summed E-state index contributed by atoms with van der Waals surface area (Å²) in [4.78, 5) is 0. The van der Waals surface area contributed by atoms with Gasteiger partial charge < -0.3 is 5.32 Å². The van der Waals surface area contributed by atoms with Crippen molar-refractivity contribution in [3.63, 3.8) is 0 Å². The Labute approximate surface area is 128 Å². The van der Waals surface area contributed by atoms with Gasteiger partial charge in [0.1, 0.15) is 11.6 Å². The van der Waals surface area contributed by atoms with Crippen molar-refractivity contribution in [1.82, 2.24) is 0 Å². The third-order valence-corrected chi connectivity index (χ3v) is 3.49. The Morgan fingerprint density at radius 1 is 0.905 bits per heavy atom. The van der Waals surface area contributed by atoms with E-state index in [0.717, 1.165) is 12.1 Å². The first-order valence-corrected chi connectivity index (χ1v) is 6.60. The predicted molar refractivity (Wildman–Crippen MR) is 74.8 cm³/mol. The van der Waals surface area contributed by atoms with Gasteiger partial charge in [0.25, 0.3) is 0 Å². The molecule has 1 N–H and O–H groups in total. The third-order valence-electron chi connectivity index (χ3n) is 2.87. The lowest BCUT2D eigenvalue weighted by Gasteiger charge is -2.18. The van der Waals surface area contributed by atoms with Gasteiger partial charge in [-0.2, -0.15) is 0 Å². The highest BCUT2D eigenvalue weighted by molar-refractivity contribution is 6.35. The second-order valence-corrected chi connectivity index (χ2v) is 5.22. The van der Waals surface area contributed by atoms with Crippen LogP contribution in [0.15, 0.2) is 24.3 Å². The fourth-order valence-corrected chi connectivity index (χ4v) is 2.39. The normalized spacial score (nSPS) is 12.3. The van der Waals surface area contributed by atoms with Crippen LogP contribution in [0.3, 0.4) is 0 Å². The molecule has 0 radical (unpaired) electrons. The van der Waals surface area contributed by atoms with Gasteiger partial charge in [0.05, 0.1) is 16.8 Å². The minimum Gasteiger partial charge on any atom is -0.376 e. The molecule has 0 aliphatic rings. The molecule has 0 heterocycles. The van der Waals surface area contributed by atoms with E-state index in [1.807, 2.05) is 0 Å². The van der Waals surface area contributed by atoms with E-state index in [1.54, 1.807) is 0 Å². The average Bonchev–Trinajstić information content (AvgIpc) is 2.39. The van der Waals surface area contributed by atoms with Crippen LogP contribution in [0.5, 0.6) is 0 Å². The van der Waals surface area contributed by atoms with Gasteiger partial charge in [-0.3, -0.25) is 0 Å². The number of nitrogens with one attached hydrogen (secondary N) is 1. The minimum absolute atomic E-state index is 0.152. The highest BCUT2D eigenvalue weighted by Gasteiger charge is 2.17. The average molecular weight is 338 g/mol. The predicted octanol–water partition coefficient (Wildman–Crippen LogP) is 5.72. The van der Waals surface area contributed by atoms with E-state index in [-0.39, 0.29) is 21.3 Å². The first-order valence-electron chi connectivity index (χ1n) is 5.85. The molecule has 1 atom stereocenters. The third kappa shape index (κ3) is 3.41. The van der Waals surface area contributed by atoms with Gasteiger partial charge in [-0.25, -0.2) is 17.6 Å². The number of anilines is 1. The van der Waals surface area contributed by atoms with Gasteiger partial charge in [0, 0.05) is 17.2 Å². The summed E-state index contributed by atoms with van der Waals surface area (Å²) < 4.78 is 53.3. The van der Waals surface area contributed by atoms with Crippen molar-refractivity contribution in [2.45, 2.75) is 13.0 Å². The van der Waals surface area contributed by atoms with Crippen LogP contribution in [0, 0.1) is 23.3 Å². The molecular formula is C14H9Cl2F4N. The molecule has 0 amide bonds. The summed E-state index contributed by atoms with van der Waals surface area (Å²) >= 11 is 11.5. The van der Waals surface area contributed by atoms with Crippen molar-refractivity contribution in [2.75, 3.05) is 5.32 Å². The van der Waals surface area contributed by atoms with Crippen molar-refractivity contribution in [3.05, 3.63) is 63.1 Å². The second kappa shape index (κ2) is 6.12. The molecule has 1 unspecified atom stereocenters. The van der Waals surface area contributed by atoms with Gasteiger partial charge in [-0.1, -0.05) is 23.2 Å². The second-order valence-electron chi connectivity index (χ2n) is 4.40. The molecule has 7 heteroatoms. The molecule has 0 spiro atoms. The number of halogens is 6. The summed E-state index contributed by atoms with van der Waals surface area (Å²) in [6, 6.07) is 2.82. The van der Waals surface area contributed by atoms with Gasteiger partial charge in [-0.05, 0) is 24.6 Å². The summed E-state index contributed by atoms with van der Waals surface area (Å²) in [5, 5.41) is 2.54. The van der Waals surface area contributed by atoms with E-state index in [0.29, 0.717) is 6.07 Å². The van der Waals surface area contributed by atoms with E-state index in [9.17, 15) is 17.6 Å². The lowest BCUT2D eigenvalue weighted by atomic mass is 10.1. The Bertz CT molecular complexity index is 691. The topological polar surface area (TPSA) is 12.0 Å². The Morgan fingerprint density at radius 3 is 2.24 bits per heavy atom. The summed E-state index contributed by atoms with van der Waals surface area (Å²) in [6.45, 7) is 1.54. The molecule has 21 heavy (non-hydrogen) atoms. The maximum atomic E-state index is 13.6. The SMILES string of the molecule is CC(Nc1cc(F)cc(F)c1F)c1cc(F)c(Cl)cc1Cl. The van der Waals surface area contributed by atoms with Crippen LogP contribution < -0.4 is 5.32 Å². The first-order chi connectivity index (χ1) is 9.79. The van der Waals surface area contributed by atoms with Crippen LogP contribution in [-0.4, -0.2) is 0 Å². The minimum atomic E-state index is -1.32. The molecule has 0 saturated carbocycles. The van der Waals surface area contributed by atoms with Crippen molar-refractivity contribution >= 4 is 28.9 Å². The molecule has 0 aliphatic heterocycles. The zero-order valence-electron chi connectivity index (χ0n) is 10.7. The molecule has 1 nitrogen and oxygen atoms in total. The van der Waals surface area contributed by atoms with Crippen LogP contribution in [-0.2, 0) is 0 Å². The summed E-state index contributed by atoms with van der Waals surface area (Å²) in [5.74, 6) is -4.18. The molecule has 0 aliphatic carbocycles. The van der Waals surface area contributed by atoms with Gasteiger partial charge in [-0.15, -0.1) is 0 Å². The molecule has 112 valence electrons. The maximum absolute atomic E-state index is 13.6. The van der Waals surface area contributed by atoms with Crippen LogP contribution in [0.25, 0.3) is 0 Å². The number of benzene rings is 2. The molecule has 0 fully saturated rings. The van der Waals surface area contributed by atoms with Gasteiger partial charge in [0.15, 0.2) is 11.6 Å². The summed E-state index contributed by atoms with van der Waals surface area (Å²) in [5.41, 5.74) is -0.103. The van der Waals surface area contributed by atoms with Crippen LogP contribution in [0.2, 0.25) is 10.0 Å². The Balaban J connectivity index is 2.34. The highest BCUT2D eigenvalue weighted by atomic mass is 35.5. The van der Waals surface area contributed by atoms with Crippen LogP contribution in [0.4, 0.5) is 23.2 Å². The molecule has 2 rings (SSSR count). The van der Waals surface area contributed by atoms with E-state index in [1.165, 1.54) is 13.0 Å². The van der Waals surface area contributed by atoms with Crippen molar-refractivity contribution < 1.29 is 17.6 Å². The largest absolute Gasteiger partial charge is 0.376 e. The zero-order chi connectivity index (χ0) is 15.7. The summed E-state index contributed by atoms with van der Waals surface area (Å²) in [6.07, 6.45) is 0. The number of hydrogen-bond acceptors (Lipinski definition) is 1. The Hall–Kier alpha value is -1.46. The fraction of sp³-hybridized carbons (Fsp3) is 0.143. The molecule has 2 aromatic rings. The van der Waals surface area contributed by atoms with E-state index in [2.05, 4.69) is 5.32 Å². The van der Waals surface area contributed by atoms with E-state index < -0.39 is 29.3 Å². The molecule has 2 aromatic carbocycles. The van der Waals surface area contributed by atoms with Crippen molar-refractivity contribution in [1.29, 1.82) is 0 Å². The smallest absolute Gasteiger partial charge is 0.182 e. The van der Waals surface area contributed by atoms with E-state index >= 15 is 0 Å². The lowest BCUT2D eigenvalue weighted by Crippen LogP contribution is -2.10. The Morgan fingerprint density at radius 2 is 1.57 bits per heavy atom. The molecular weight excluding hydrogens is 329 g/mol. The van der Waals surface area contributed by atoms with E-state index in [4.69, 9.17) is 23.2 Å². The molecule has 0 bridgehead atoms.